The molecule has 90 valence electrons. The zero-order chi connectivity index (χ0) is 12.5. The predicted molar refractivity (Wildman–Crippen MR) is 74.6 cm³/mol. The molecule has 0 spiro atoms. The first-order valence-electron chi connectivity index (χ1n) is 5.22. The van der Waals surface area contributed by atoms with Gasteiger partial charge in [0.05, 0.1) is 16.9 Å². The van der Waals surface area contributed by atoms with E-state index in [0.717, 1.165) is 10.7 Å². The lowest BCUT2D eigenvalue weighted by Crippen LogP contribution is -2.28. The van der Waals surface area contributed by atoms with Crippen LogP contribution in [0.5, 0.6) is 0 Å². The van der Waals surface area contributed by atoms with E-state index in [9.17, 15) is 0 Å². The molecule has 0 radical (unpaired) electrons. The number of nitrogens with two attached hydrogens (primary N) is 1. The Labute approximate surface area is 110 Å². The number of thiazole rings is 1. The van der Waals surface area contributed by atoms with Crippen molar-refractivity contribution >= 4 is 34.3 Å². The number of nitrogens with one attached hydrogen (secondary N) is 1. The minimum Gasteiger partial charge on any atom is -0.397 e. The molecule has 1 heterocycles. The first kappa shape index (κ1) is 12.2. The molecule has 0 amide bonds. The second-order valence-electron chi connectivity index (χ2n) is 4.32. The van der Waals surface area contributed by atoms with Gasteiger partial charge >= 0.3 is 0 Å². The van der Waals surface area contributed by atoms with Crippen molar-refractivity contribution in [2.24, 2.45) is 0 Å². The SMILES string of the molecule is CC(C)(Nc1cc(Cl)ccc1N)c1nccs1. The lowest BCUT2D eigenvalue weighted by atomic mass is 10.1. The maximum Gasteiger partial charge on any atom is 0.117 e. The highest BCUT2D eigenvalue weighted by molar-refractivity contribution is 7.09. The van der Waals surface area contributed by atoms with Gasteiger partial charge in [0.15, 0.2) is 0 Å². The van der Waals surface area contributed by atoms with E-state index in [4.69, 9.17) is 17.3 Å². The van der Waals surface area contributed by atoms with Crippen LogP contribution in [-0.4, -0.2) is 4.98 Å². The van der Waals surface area contributed by atoms with Gasteiger partial charge in [0.2, 0.25) is 0 Å². The van der Waals surface area contributed by atoms with Gasteiger partial charge in [-0.25, -0.2) is 4.98 Å². The molecule has 5 heteroatoms. The number of hydrogen-bond donors (Lipinski definition) is 2. The maximum absolute atomic E-state index is 5.96. The molecule has 0 saturated carbocycles. The summed E-state index contributed by atoms with van der Waals surface area (Å²) in [5.74, 6) is 0. The molecule has 0 aliphatic rings. The fourth-order valence-corrected chi connectivity index (χ4v) is 2.45. The molecule has 17 heavy (non-hydrogen) atoms. The fourth-order valence-electron chi connectivity index (χ4n) is 1.56. The first-order chi connectivity index (χ1) is 7.99. The lowest BCUT2D eigenvalue weighted by molar-refractivity contribution is 0.605. The molecule has 0 saturated heterocycles. The Kier molecular flexibility index (Phi) is 3.26. The van der Waals surface area contributed by atoms with Crippen molar-refractivity contribution < 1.29 is 0 Å². The summed E-state index contributed by atoms with van der Waals surface area (Å²) in [4.78, 5) is 4.32. The van der Waals surface area contributed by atoms with Gasteiger partial charge in [-0.05, 0) is 32.0 Å². The number of nitrogen functional groups attached to an aromatic ring is 1. The quantitative estimate of drug-likeness (QED) is 0.833. The Morgan fingerprint density at radius 3 is 2.82 bits per heavy atom. The van der Waals surface area contributed by atoms with Gasteiger partial charge in [-0.1, -0.05) is 11.6 Å². The van der Waals surface area contributed by atoms with Crippen LogP contribution in [0.2, 0.25) is 5.02 Å². The Balaban J connectivity index is 2.29. The predicted octanol–water partition coefficient (Wildman–Crippen LogP) is 3.73. The van der Waals surface area contributed by atoms with Crippen molar-refractivity contribution in [3.05, 3.63) is 39.8 Å². The number of nitrogens with zero attached hydrogens (tertiary/aromatic N) is 1. The zero-order valence-electron chi connectivity index (χ0n) is 9.70. The van der Waals surface area contributed by atoms with Crippen LogP contribution < -0.4 is 11.1 Å². The maximum atomic E-state index is 5.96. The third-order valence-electron chi connectivity index (χ3n) is 2.43. The summed E-state index contributed by atoms with van der Waals surface area (Å²) in [7, 11) is 0. The van der Waals surface area contributed by atoms with Crippen LogP contribution in [0.25, 0.3) is 0 Å². The van der Waals surface area contributed by atoms with Crippen LogP contribution in [0.1, 0.15) is 18.9 Å². The Morgan fingerprint density at radius 1 is 1.41 bits per heavy atom. The normalized spacial score (nSPS) is 11.5. The minimum absolute atomic E-state index is 0.271. The van der Waals surface area contributed by atoms with E-state index in [0.29, 0.717) is 10.7 Å². The van der Waals surface area contributed by atoms with Gasteiger partial charge in [-0.2, -0.15) is 0 Å². The van der Waals surface area contributed by atoms with E-state index in [2.05, 4.69) is 24.1 Å². The fraction of sp³-hybridized carbons (Fsp3) is 0.250. The van der Waals surface area contributed by atoms with E-state index < -0.39 is 0 Å². The minimum atomic E-state index is -0.271. The molecule has 1 aromatic carbocycles. The molecule has 3 nitrogen and oxygen atoms in total. The number of halogens is 1. The van der Waals surface area contributed by atoms with Gasteiger partial charge in [0.1, 0.15) is 5.01 Å². The second kappa shape index (κ2) is 4.55. The van der Waals surface area contributed by atoms with Gasteiger partial charge in [0.25, 0.3) is 0 Å². The van der Waals surface area contributed by atoms with Crippen LogP contribution in [0.15, 0.2) is 29.8 Å². The van der Waals surface area contributed by atoms with Gasteiger partial charge < -0.3 is 11.1 Å². The number of anilines is 2. The summed E-state index contributed by atoms with van der Waals surface area (Å²) in [6, 6.07) is 5.40. The summed E-state index contributed by atoms with van der Waals surface area (Å²) in [5, 5.41) is 7.00. The van der Waals surface area contributed by atoms with E-state index in [-0.39, 0.29) is 5.54 Å². The highest BCUT2D eigenvalue weighted by Crippen LogP contribution is 2.31. The highest BCUT2D eigenvalue weighted by atomic mass is 35.5. The van der Waals surface area contributed by atoms with Gasteiger partial charge in [-0.15, -0.1) is 11.3 Å². The largest absolute Gasteiger partial charge is 0.397 e. The Morgan fingerprint density at radius 2 is 2.18 bits per heavy atom. The summed E-state index contributed by atoms with van der Waals surface area (Å²) in [6.45, 7) is 4.12. The number of hydrogen-bond acceptors (Lipinski definition) is 4. The van der Waals surface area contributed by atoms with Crippen molar-refractivity contribution in [3.8, 4) is 0 Å². The molecule has 0 bridgehead atoms. The number of aromatic nitrogens is 1. The molecule has 2 aromatic rings. The third-order valence-corrected chi connectivity index (χ3v) is 3.76. The van der Waals surface area contributed by atoms with Crippen molar-refractivity contribution in [2.75, 3.05) is 11.1 Å². The van der Waals surface area contributed by atoms with E-state index in [1.54, 1.807) is 29.7 Å². The summed E-state index contributed by atoms with van der Waals surface area (Å²) in [5.41, 5.74) is 7.15. The van der Waals surface area contributed by atoms with Crippen molar-refractivity contribution in [1.29, 1.82) is 0 Å². The lowest BCUT2D eigenvalue weighted by Gasteiger charge is -2.26. The molecular weight excluding hydrogens is 254 g/mol. The molecule has 0 unspecified atom stereocenters. The molecule has 0 aliphatic carbocycles. The molecule has 0 fully saturated rings. The van der Waals surface area contributed by atoms with Crippen LogP contribution in [0.4, 0.5) is 11.4 Å². The third kappa shape index (κ3) is 2.70. The van der Waals surface area contributed by atoms with E-state index in [1.165, 1.54) is 0 Å². The van der Waals surface area contributed by atoms with E-state index in [1.807, 2.05) is 11.4 Å². The topological polar surface area (TPSA) is 50.9 Å². The number of benzene rings is 1. The first-order valence-corrected chi connectivity index (χ1v) is 6.48. The van der Waals surface area contributed by atoms with E-state index >= 15 is 0 Å². The molecule has 2 rings (SSSR count). The summed E-state index contributed by atoms with van der Waals surface area (Å²) in [6.07, 6.45) is 1.80. The van der Waals surface area contributed by atoms with Crippen LogP contribution >= 0.6 is 22.9 Å². The zero-order valence-corrected chi connectivity index (χ0v) is 11.3. The molecular formula is C12H14ClN3S. The Bertz CT molecular complexity index is 508. The standard InChI is InChI=1S/C12H14ClN3S/c1-12(2,11-15-5-6-17-11)16-10-7-8(13)3-4-9(10)14/h3-7,16H,14H2,1-2H3. The van der Waals surface area contributed by atoms with Crippen molar-refractivity contribution in [1.82, 2.24) is 4.98 Å². The number of rotatable bonds is 3. The summed E-state index contributed by atoms with van der Waals surface area (Å²) < 4.78 is 0. The molecule has 0 atom stereocenters. The Hall–Kier alpha value is -1.26. The van der Waals surface area contributed by atoms with Crippen LogP contribution in [-0.2, 0) is 5.54 Å². The molecule has 0 aliphatic heterocycles. The smallest absolute Gasteiger partial charge is 0.117 e. The molecule has 3 N–H and O–H groups in total. The monoisotopic (exact) mass is 267 g/mol. The van der Waals surface area contributed by atoms with Gasteiger partial charge in [0, 0.05) is 16.6 Å². The highest BCUT2D eigenvalue weighted by Gasteiger charge is 2.23. The van der Waals surface area contributed by atoms with Crippen molar-refractivity contribution in [2.45, 2.75) is 19.4 Å². The summed E-state index contributed by atoms with van der Waals surface area (Å²) >= 11 is 7.57. The second-order valence-corrected chi connectivity index (χ2v) is 5.65. The van der Waals surface area contributed by atoms with Crippen molar-refractivity contribution in [3.63, 3.8) is 0 Å². The van der Waals surface area contributed by atoms with Crippen LogP contribution in [0, 0.1) is 0 Å². The average Bonchev–Trinajstić information content (AvgIpc) is 2.77. The van der Waals surface area contributed by atoms with Gasteiger partial charge in [-0.3, -0.25) is 0 Å². The molecule has 1 aromatic heterocycles. The van der Waals surface area contributed by atoms with Crippen LogP contribution in [0.3, 0.4) is 0 Å². The average molecular weight is 268 g/mol.